The number of benzene rings is 4. The number of hydrogen-bond acceptors (Lipinski definition) is 10. The summed E-state index contributed by atoms with van der Waals surface area (Å²) in [6.45, 7) is 1.39. The Kier molecular flexibility index (Phi) is 12.7. The lowest BCUT2D eigenvalue weighted by Crippen LogP contribution is -2.36. The van der Waals surface area contributed by atoms with Gasteiger partial charge in [0.15, 0.2) is 0 Å². The summed E-state index contributed by atoms with van der Waals surface area (Å²) in [5.74, 6) is 1.74. The molecule has 14 heteroatoms. The third-order valence-electron chi connectivity index (χ3n) is 6.30. The first-order valence-corrected chi connectivity index (χ1v) is 16.7. The van der Waals surface area contributed by atoms with Crippen LogP contribution in [0.3, 0.4) is 0 Å². The fourth-order valence-electron chi connectivity index (χ4n) is 3.89. The van der Waals surface area contributed by atoms with Crippen LogP contribution in [0.2, 0.25) is 0 Å². The maximum Gasteiger partial charge on any atom is 0.326 e. The molecule has 0 atom stereocenters. The zero-order valence-corrected chi connectivity index (χ0v) is 27.6. The van der Waals surface area contributed by atoms with Crippen LogP contribution in [0.15, 0.2) is 107 Å². The van der Waals surface area contributed by atoms with E-state index >= 15 is 0 Å². The quantitative estimate of drug-likeness (QED) is 0.193. The topological polar surface area (TPSA) is 147 Å². The van der Waals surface area contributed by atoms with Crippen LogP contribution in [-0.4, -0.2) is 64.4 Å². The summed E-state index contributed by atoms with van der Waals surface area (Å²) >= 11 is 0. The van der Waals surface area contributed by atoms with E-state index in [0.29, 0.717) is 34.4 Å². The van der Waals surface area contributed by atoms with Crippen molar-refractivity contribution in [3.63, 3.8) is 0 Å². The lowest BCUT2D eigenvalue weighted by atomic mass is 10.3. The van der Waals surface area contributed by atoms with Crippen molar-refractivity contribution >= 4 is 37.4 Å². The standard InChI is InChI=1S/C18H21NO6S.C14H15NO4S/c1-4-25-18(20)13-19(14-5-7-15(23-2)8-6-14)26(21,22)17-11-9-16(24-3)10-12-17;1-18-12-5-3-11(4-6-12)15-20(16,17)14-9-7-13(19-2)8-10-14/h5-12H,4,13H2,1-3H3;3-10,15H,1-2H3. The van der Waals surface area contributed by atoms with E-state index in [4.69, 9.17) is 23.7 Å². The second-order valence-electron chi connectivity index (χ2n) is 9.20. The van der Waals surface area contributed by atoms with Crippen LogP contribution in [0.25, 0.3) is 0 Å². The van der Waals surface area contributed by atoms with Crippen LogP contribution in [0.1, 0.15) is 6.92 Å². The third kappa shape index (κ3) is 9.52. The van der Waals surface area contributed by atoms with Gasteiger partial charge in [0.1, 0.15) is 29.5 Å². The van der Waals surface area contributed by atoms with E-state index in [1.165, 1.54) is 45.6 Å². The van der Waals surface area contributed by atoms with E-state index < -0.39 is 32.6 Å². The summed E-state index contributed by atoms with van der Waals surface area (Å²) in [6, 6.07) is 25.2. The number of carbonyl (C=O) groups excluding carboxylic acids is 1. The molecule has 0 heterocycles. The van der Waals surface area contributed by atoms with Gasteiger partial charge < -0.3 is 23.7 Å². The van der Waals surface area contributed by atoms with Gasteiger partial charge in [0.25, 0.3) is 20.0 Å². The second-order valence-corrected chi connectivity index (χ2v) is 12.7. The molecule has 12 nitrogen and oxygen atoms in total. The molecular formula is C32H36N2O10S2. The average Bonchev–Trinajstić information content (AvgIpc) is 3.08. The highest BCUT2D eigenvalue weighted by molar-refractivity contribution is 7.93. The minimum Gasteiger partial charge on any atom is -0.497 e. The normalized spacial score (nSPS) is 10.9. The predicted octanol–water partition coefficient (Wildman–Crippen LogP) is 4.97. The molecule has 1 N–H and O–H groups in total. The van der Waals surface area contributed by atoms with Crippen LogP contribution in [-0.2, 0) is 29.6 Å². The summed E-state index contributed by atoms with van der Waals surface area (Å²) in [7, 11) is -1.49. The van der Waals surface area contributed by atoms with Gasteiger partial charge in [-0.1, -0.05) is 0 Å². The molecule has 0 fully saturated rings. The molecule has 4 aromatic rings. The number of nitrogens with zero attached hydrogens (tertiary/aromatic N) is 1. The van der Waals surface area contributed by atoms with Crippen LogP contribution < -0.4 is 28.0 Å². The lowest BCUT2D eigenvalue weighted by molar-refractivity contribution is -0.141. The van der Waals surface area contributed by atoms with Gasteiger partial charge in [-0.15, -0.1) is 0 Å². The number of esters is 1. The van der Waals surface area contributed by atoms with Gasteiger partial charge in [0, 0.05) is 5.69 Å². The molecule has 0 aliphatic carbocycles. The first kappa shape index (κ1) is 35.5. The van der Waals surface area contributed by atoms with Crippen LogP contribution in [0, 0.1) is 0 Å². The predicted molar refractivity (Wildman–Crippen MR) is 174 cm³/mol. The molecule has 0 spiro atoms. The molecular weight excluding hydrogens is 636 g/mol. The summed E-state index contributed by atoms with van der Waals surface area (Å²) in [5.41, 5.74) is 0.802. The number of methoxy groups -OCH3 is 4. The highest BCUT2D eigenvalue weighted by atomic mass is 32.2. The number of hydrogen-bond donors (Lipinski definition) is 1. The molecule has 0 bridgehead atoms. The van der Waals surface area contributed by atoms with Gasteiger partial charge >= 0.3 is 5.97 Å². The van der Waals surface area contributed by atoms with Crippen molar-refractivity contribution < 1.29 is 45.3 Å². The van der Waals surface area contributed by atoms with Gasteiger partial charge in [0.05, 0.1) is 50.5 Å². The largest absolute Gasteiger partial charge is 0.497 e. The molecule has 0 aliphatic heterocycles. The summed E-state index contributed by atoms with van der Waals surface area (Å²) in [4.78, 5) is 12.2. The lowest BCUT2D eigenvalue weighted by Gasteiger charge is -2.24. The average molecular weight is 673 g/mol. The number of carbonyl (C=O) groups is 1. The minimum absolute atomic E-state index is 0.0402. The number of ether oxygens (including phenoxy) is 5. The van der Waals surface area contributed by atoms with Gasteiger partial charge in [-0.25, -0.2) is 16.8 Å². The highest BCUT2D eigenvalue weighted by Crippen LogP contribution is 2.27. The van der Waals surface area contributed by atoms with E-state index in [9.17, 15) is 21.6 Å². The maximum atomic E-state index is 13.1. The fourth-order valence-corrected chi connectivity index (χ4v) is 6.36. The molecule has 4 rings (SSSR count). The van der Waals surface area contributed by atoms with Crippen molar-refractivity contribution in [2.75, 3.05) is 50.6 Å². The summed E-state index contributed by atoms with van der Waals surface area (Å²) in [5, 5.41) is 0. The Labute approximate surface area is 269 Å². The monoisotopic (exact) mass is 672 g/mol. The van der Waals surface area contributed by atoms with Crippen LogP contribution in [0.5, 0.6) is 23.0 Å². The third-order valence-corrected chi connectivity index (χ3v) is 9.48. The number of sulfonamides is 2. The second kappa shape index (κ2) is 16.4. The Morgan fingerprint density at radius 3 is 1.41 bits per heavy atom. The van der Waals surface area contributed by atoms with Gasteiger partial charge in [-0.2, -0.15) is 0 Å². The van der Waals surface area contributed by atoms with Gasteiger partial charge in [-0.3, -0.25) is 13.8 Å². The molecule has 0 unspecified atom stereocenters. The summed E-state index contributed by atoms with van der Waals surface area (Å²) < 4.78 is 79.1. The Morgan fingerprint density at radius 1 is 0.609 bits per heavy atom. The minimum atomic E-state index is -3.98. The summed E-state index contributed by atoms with van der Waals surface area (Å²) in [6.07, 6.45) is 0. The molecule has 46 heavy (non-hydrogen) atoms. The maximum absolute atomic E-state index is 13.1. The van der Waals surface area contributed by atoms with E-state index in [0.717, 1.165) is 4.31 Å². The molecule has 0 amide bonds. The van der Waals surface area contributed by atoms with Crippen molar-refractivity contribution in [1.29, 1.82) is 0 Å². The number of nitrogens with one attached hydrogen (secondary N) is 1. The first-order chi connectivity index (χ1) is 22.0. The van der Waals surface area contributed by atoms with E-state index in [1.807, 2.05) is 0 Å². The van der Waals surface area contributed by atoms with Crippen molar-refractivity contribution in [1.82, 2.24) is 0 Å². The molecule has 246 valence electrons. The Bertz CT molecular complexity index is 1760. The number of anilines is 2. The Balaban J connectivity index is 0.000000259. The van der Waals surface area contributed by atoms with E-state index in [2.05, 4.69) is 4.72 Å². The Hall–Kier alpha value is -4.95. The molecule has 4 aromatic carbocycles. The van der Waals surface area contributed by atoms with Crippen molar-refractivity contribution in [3.8, 4) is 23.0 Å². The smallest absolute Gasteiger partial charge is 0.326 e. The van der Waals surface area contributed by atoms with Crippen molar-refractivity contribution in [2.45, 2.75) is 16.7 Å². The molecule has 0 aliphatic rings. The molecule has 0 saturated carbocycles. The van der Waals surface area contributed by atoms with E-state index in [1.54, 1.807) is 86.8 Å². The van der Waals surface area contributed by atoms with Crippen molar-refractivity contribution in [2.24, 2.45) is 0 Å². The first-order valence-electron chi connectivity index (χ1n) is 13.7. The van der Waals surface area contributed by atoms with Gasteiger partial charge in [0.2, 0.25) is 0 Å². The SMILES string of the molecule is CCOC(=O)CN(c1ccc(OC)cc1)S(=O)(=O)c1ccc(OC)cc1.COc1ccc(NS(=O)(=O)c2ccc(OC)cc2)cc1. The fraction of sp³-hybridized carbons (Fsp3) is 0.219. The zero-order chi connectivity index (χ0) is 33.7. The van der Waals surface area contributed by atoms with Crippen LogP contribution in [0.4, 0.5) is 11.4 Å². The molecule has 0 saturated heterocycles. The van der Waals surface area contributed by atoms with Crippen LogP contribution >= 0.6 is 0 Å². The zero-order valence-electron chi connectivity index (χ0n) is 26.0. The Morgan fingerprint density at radius 2 is 1.00 bits per heavy atom. The van der Waals surface area contributed by atoms with Gasteiger partial charge in [-0.05, 0) is 104 Å². The molecule has 0 aromatic heterocycles. The molecule has 0 radical (unpaired) electrons. The number of rotatable bonds is 13. The van der Waals surface area contributed by atoms with E-state index in [-0.39, 0.29) is 16.4 Å². The van der Waals surface area contributed by atoms with Crippen molar-refractivity contribution in [3.05, 3.63) is 97.1 Å². The highest BCUT2D eigenvalue weighted by Gasteiger charge is 2.28.